The standard InChI is InChI=1S/C30H44F2N2O6/c1-28(2,3)40-22(36)14-19(17-8-10-30(31,32)11-9-17)27(39)34-15-20-23(29(20,4)5)24(34)21(35)13-18(12-16-6-7-16)25(37)26(33)38/h16-20,23-24H,6-15H2,1-5H3,(H2,33,38)/t18-,19+,20+,23+,24-/m1/s1. The normalized spacial score (nSPS) is 28.8. The van der Waals surface area contributed by atoms with Crippen molar-refractivity contribution >= 4 is 29.4 Å². The molecule has 0 aromatic carbocycles. The maximum Gasteiger partial charge on any atom is 0.307 e. The molecule has 3 aliphatic carbocycles. The molecule has 0 aromatic heterocycles. The van der Waals surface area contributed by atoms with E-state index in [0.717, 1.165) is 12.8 Å². The predicted octanol–water partition coefficient (Wildman–Crippen LogP) is 4.07. The molecule has 5 atom stereocenters. The molecule has 3 saturated carbocycles. The lowest BCUT2D eigenvalue weighted by Gasteiger charge is -2.38. The van der Waals surface area contributed by atoms with Crippen molar-refractivity contribution < 1.29 is 37.5 Å². The molecule has 8 nitrogen and oxygen atoms in total. The van der Waals surface area contributed by atoms with E-state index in [2.05, 4.69) is 0 Å². The number of Topliss-reactive ketones (excluding diaryl/α,β-unsaturated/α-hetero) is 2. The van der Waals surface area contributed by atoms with Gasteiger partial charge in [-0.25, -0.2) is 8.78 Å². The summed E-state index contributed by atoms with van der Waals surface area (Å²) in [5.74, 6) is -7.71. The summed E-state index contributed by atoms with van der Waals surface area (Å²) in [7, 11) is 0. The van der Waals surface area contributed by atoms with Crippen LogP contribution in [0.2, 0.25) is 0 Å². The monoisotopic (exact) mass is 566 g/mol. The summed E-state index contributed by atoms with van der Waals surface area (Å²) in [5.41, 5.74) is 4.34. The lowest BCUT2D eigenvalue weighted by atomic mass is 9.76. The summed E-state index contributed by atoms with van der Waals surface area (Å²) in [4.78, 5) is 66.6. The van der Waals surface area contributed by atoms with E-state index >= 15 is 0 Å². The quantitative estimate of drug-likeness (QED) is 0.297. The third kappa shape index (κ3) is 6.73. The summed E-state index contributed by atoms with van der Waals surface area (Å²) >= 11 is 0. The van der Waals surface area contributed by atoms with Gasteiger partial charge >= 0.3 is 5.97 Å². The molecule has 4 aliphatic rings. The van der Waals surface area contributed by atoms with Crippen molar-refractivity contribution in [2.45, 2.75) is 110 Å². The van der Waals surface area contributed by atoms with Gasteiger partial charge < -0.3 is 15.4 Å². The Labute approximate surface area is 235 Å². The number of esters is 1. The van der Waals surface area contributed by atoms with Crippen LogP contribution in [0.15, 0.2) is 0 Å². The van der Waals surface area contributed by atoms with Crippen LogP contribution in [0.25, 0.3) is 0 Å². The number of piperidine rings is 1. The molecule has 0 unspecified atom stereocenters. The number of nitrogens with two attached hydrogens (primary N) is 1. The van der Waals surface area contributed by atoms with Crippen LogP contribution in [-0.2, 0) is 28.7 Å². The zero-order chi connectivity index (χ0) is 29.8. The van der Waals surface area contributed by atoms with Crippen molar-refractivity contribution in [3.05, 3.63) is 0 Å². The van der Waals surface area contributed by atoms with Crippen LogP contribution in [0.3, 0.4) is 0 Å². The minimum Gasteiger partial charge on any atom is -0.460 e. The van der Waals surface area contributed by atoms with Gasteiger partial charge in [0, 0.05) is 31.7 Å². The molecule has 2 N–H and O–H groups in total. The number of halogens is 2. The fourth-order valence-electron chi connectivity index (χ4n) is 7.18. The van der Waals surface area contributed by atoms with E-state index in [-0.39, 0.29) is 73.4 Å². The topological polar surface area (TPSA) is 124 Å². The summed E-state index contributed by atoms with van der Waals surface area (Å²) in [6, 6.07) is -0.791. The minimum absolute atomic E-state index is 0.0805. The van der Waals surface area contributed by atoms with Crippen molar-refractivity contribution in [2.75, 3.05) is 6.54 Å². The fourth-order valence-corrected chi connectivity index (χ4v) is 7.18. The van der Waals surface area contributed by atoms with E-state index in [1.165, 1.54) is 4.90 Å². The Morgan fingerprint density at radius 2 is 1.60 bits per heavy atom. The van der Waals surface area contributed by atoms with Gasteiger partial charge in [0.25, 0.3) is 5.91 Å². The Morgan fingerprint density at radius 1 is 1.00 bits per heavy atom. The molecule has 0 bridgehead atoms. The van der Waals surface area contributed by atoms with Gasteiger partial charge in [0.15, 0.2) is 5.78 Å². The maximum atomic E-state index is 14.2. The lowest BCUT2D eigenvalue weighted by Crippen LogP contribution is -2.50. The van der Waals surface area contributed by atoms with Crippen LogP contribution in [0.1, 0.15) is 92.4 Å². The second-order valence-electron chi connectivity index (χ2n) is 14.3. The largest absolute Gasteiger partial charge is 0.460 e. The smallest absolute Gasteiger partial charge is 0.307 e. The molecule has 2 amide bonds. The number of likely N-dealkylation sites (tertiary alicyclic amines) is 1. The SMILES string of the molecule is CC(C)(C)OC(=O)C[C@H](C(=O)N1C[C@H]2[C@@H]([C@H]1C(=O)C[C@@H](CC1CC1)C(=O)C(N)=O)C2(C)C)C1CCC(F)(F)CC1. The minimum atomic E-state index is -2.79. The molecule has 1 saturated heterocycles. The van der Waals surface area contributed by atoms with Crippen LogP contribution in [-0.4, -0.2) is 58.4 Å². The Kier molecular flexibility index (Phi) is 8.24. The maximum absolute atomic E-state index is 14.2. The van der Waals surface area contributed by atoms with Gasteiger partial charge in [-0.05, 0) is 69.1 Å². The van der Waals surface area contributed by atoms with E-state index in [0.29, 0.717) is 13.0 Å². The Bertz CT molecular complexity index is 1050. The first-order chi connectivity index (χ1) is 18.4. The molecule has 1 heterocycles. The molecule has 0 radical (unpaired) electrons. The number of ether oxygens (including phenoxy) is 1. The van der Waals surface area contributed by atoms with Crippen molar-refractivity contribution in [1.29, 1.82) is 0 Å². The van der Waals surface area contributed by atoms with Crippen molar-refractivity contribution in [2.24, 2.45) is 46.7 Å². The first-order valence-corrected chi connectivity index (χ1v) is 14.7. The zero-order valence-corrected chi connectivity index (χ0v) is 24.3. The highest BCUT2D eigenvalue weighted by atomic mass is 19.3. The number of hydrogen-bond donors (Lipinski definition) is 1. The first-order valence-electron chi connectivity index (χ1n) is 14.7. The number of fused-ring (bicyclic) bond motifs is 1. The van der Waals surface area contributed by atoms with E-state index < -0.39 is 53.0 Å². The number of rotatable bonds is 11. The average Bonchev–Trinajstić information content (AvgIpc) is 3.67. The van der Waals surface area contributed by atoms with Gasteiger partial charge in [0.2, 0.25) is 17.6 Å². The third-order valence-corrected chi connectivity index (χ3v) is 9.65. The van der Waals surface area contributed by atoms with E-state index in [4.69, 9.17) is 10.5 Å². The van der Waals surface area contributed by atoms with Crippen LogP contribution >= 0.6 is 0 Å². The van der Waals surface area contributed by atoms with Gasteiger partial charge in [0.05, 0.1) is 18.4 Å². The Morgan fingerprint density at radius 3 is 2.12 bits per heavy atom. The second-order valence-corrected chi connectivity index (χ2v) is 14.3. The van der Waals surface area contributed by atoms with Crippen LogP contribution in [0.4, 0.5) is 8.78 Å². The molecular weight excluding hydrogens is 522 g/mol. The molecule has 4 rings (SSSR count). The highest BCUT2D eigenvalue weighted by Crippen LogP contribution is 2.65. The number of ketones is 2. The van der Waals surface area contributed by atoms with Gasteiger partial charge in [-0.15, -0.1) is 0 Å². The van der Waals surface area contributed by atoms with E-state index in [1.807, 2.05) is 13.8 Å². The number of amides is 2. The van der Waals surface area contributed by atoms with E-state index in [9.17, 15) is 32.8 Å². The molecule has 224 valence electrons. The van der Waals surface area contributed by atoms with Gasteiger partial charge in [-0.3, -0.25) is 24.0 Å². The van der Waals surface area contributed by atoms with Crippen molar-refractivity contribution in [3.8, 4) is 0 Å². The van der Waals surface area contributed by atoms with Gasteiger partial charge in [-0.1, -0.05) is 26.7 Å². The number of nitrogens with zero attached hydrogens (tertiary/aromatic N) is 1. The number of primary amides is 1. The third-order valence-electron chi connectivity index (χ3n) is 9.65. The number of carbonyl (C=O) groups is 5. The van der Waals surface area contributed by atoms with Crippen LogP contribution < -0.4 is 5.73 Å². The molecule has 40 heavy (non-hydrogen) atoms. The number of hydrogen-bond acceptors (Lipinski definition) is 6. The predicted molar refractivity (Wildman–Crippen MR) is 142 cm³/mol. The lowest BCUT2D eigenvalue weighted by molar-refractivity contribution is -0.161. The summed E-state index contributed by atoms with van der Waals surface area (Å²) in [6.45, 7) is 9.58. The summed E-state index contributed by atoms with van der Waals surface area (Å²) in [6.07, 6.45) is 1.39. The highest BCUT2D eigenvalue weighted by Gasteiger charge is 2.69. The van der Waals surface area contributed by atoms with Crippen molar-refractivity contribution in [1.82, 2.24) is 4.90 Å². The van der Waals surface area contributed by atoms with Gasteiger partial charge in [0.1, 0.15) is 5.60 Å². The molecule has 0 aromatic rings. The number of carbonyl (C=O) groups excluding carboxylic acids is 5. The molecule has 1 aliphatic heterocycles. The second kappa shape index (κ2) is 10.8. The van der Waals surface area contributed by atoms with Crippen molar-refractivity contribution in [3.63, 3.8) is 0 Å². The number of alkyl halides is 2. The Hall–Kier alpha value is -2.39. The first kappa shape index (κ1) is 30.6. The molecule has 4 fully saturated rings. The Balaban J connectivity index is 1.57. The zero-order valence-electron chi connectivity index (χ0n) is 24.3. The van der Waals surface area contributed by atoms with E-state index in [1.54, 1.807) is 20.8 Å². The van der Waals surface area contributed by atoms with Crippen LogP contribution in [0, 0.1) is 40.9 Å². The van der Waals surface area contributed by atoms with Gasteiger partial charge in [-0.2, -0.15) is 0 Å². The summed E-state index contributed by atoms with van der Waals surface area (Å²) in [5, 5.41) is 0. The van der Waals surface area contributed by atoms with Crippen LogP contribution in [0.5, 0.6) is 0 Å². The highest BCUT2D eigenvalue weighted by molar-refractivity contribution is 6.36. The summed E-state index contributed by atoms with van der Waals surface area (Å²) < 4.78 is 33.5. The molecular formula is C30H44F2N2O6. The molecule has 10 heteroatoms. The average molecular weight is 567 g/mol. The fraction of sp³-hybridized carbons (Fsp3) is 0.833. The molecule has 0 spiro atoms.